The van der Waals surface area contributed by atoms with Gasteiger partial charge in [0, 0.05) is 17.3 Å². The second-order valence-corrected chi connectivity index (χ2v) is 11.8. The van der Waals surface area contributed by atoms with Gasteiger partial charge in [0.1, 0.15) is 0 Å². The molecular formula is C23H18ClN3O3S3. The number of hydrogen-bond acceptors (Lipinski definition) is 6. The fraction of sp³-hybridized carbons (Fsp3) is 0.130. The van der Waals surface area contributed by atoms with Crippen LogP contribution in [0.4, 0.5) is 11.4 Å². The molecule has 1 aliphatic heterocycles. The van der Waals surface area contributed by atoms with Crippen molar-refractivity contribution in [2.24, 2.45) is 0 Å². The molecule has 168 valence electrons. The number of rotatable bonds is 6. The van der Waals surface area contributed by atoms with E-state index in [1.165, 1.54) is 52.9 Å². The Hall–Kier alpha value is -2.59. The summed E-state index contributed by atoms with van der Waals surface area (Å²) in [5.74, 6) is 0.352. The van der Waals surface area contributed by atoms with Crippen LogP contribution in [-0.2, 0) is 21.2 Å². The predicted molar refractivity (Wildman–Crippen MR) is 135 cm³/mol. The molecule has 3 aromatic carbocycles. The lowest BCUT2D eigenvalue weighted by Crippen LogP contribution is -2.30. The minimum atomic E-state index is -3.73. The lowest BCUT2D eigenvalue weighted by Gasteiger charge is -2.16. The number of hydrogen-bond donors (Lipinski definition) is 1. The van der Waals surface area contributed by atoms with E-state index in [-0.39, 0.29) is 10.8 Å². The molecule has 0 saturated heterocycles. The molecule has 1 amide bonds. The van der Waals surface area contributed by atoms with Gasteiger partial charge in [0.25, 0.3) is 10.0 Å². The highest BCUT2D eigenvalue weighted by atomic mass is 35.5. The van der Waals surface area contributed by atoms with E-state index in [4.69, 9.17) is 11.6 Å². The molecule has 0 unspecified atom stereocenters. The third-order valence-electron chi connectivity index (χ3n) is 5.25. The first kappa shape index (κ1) is 22.2. The molecule has 33 heavy (non-hydrogen) atoms. The van der Waals surface area contributed by atoms with E-state index in [1.54, 1.807) is 18.2 Å². The van der Waals surface area contributed by atoms with E-state index < -0.39 is 10.0 Å². The van der Waals surface area contributed by atoms with Gasteiger partial charge in [-0.2, -0.15) is 0 Å². The zero-order chi connectivity index (χ0) is 23.0. The lowest BCUT2D eigenvalue weighted by molar-refractivity contribution is -0.116. The second kappa shape index (κ2) is 8.98. The maximum absolute atomic E-state index is 12.8. The van der Waals surface area contributed by atoms with Crippen molar-refractivity contribution < 1.29 is 13.2 Å². The second-order valence-electron chi connectivity index (χ2n) is 7.43. The summed E-state index contributed by atoms with van der Waals surface area (Å²) in [6.07, 6.45) is 0.877. The van der Waals surface area contributed by atoms with Gasteiger partial charge in [-0.15, -0.1) is 11.3 Å². The molecule has 2 heterocycles. The summed E-state index contributed by atoms with van der Waals surface area (Å²) in [7, 11) is -3.73. The van der Waals surface area contributed by atoms with Gasteiger partial charge in [-0.3, -0.25) is 9.52 Å². The normalized spacial score (nSPS) is 13.3. The van der Waals surface area contributed by atoms with Gasteiger partial charge in [-0.25, -0.2) is 13.4 Å². The van der Waals surface area contributed by atoms with Crippen LogP contribution in [0, 0.1) is 0 Å². The number of nitrogens with zero attached hydrogens (tertiary/aromatic N) is 2. The first-order chi connectivity index (χ1) is 15.9. The van der Waals surface area contributed by atoms with Crippen LogP contribution in [-0.4, -0.2) is 31.6 Å². The van der Waals surface area contributed by atoms with Crippen molar-refractivity contribution >= 4 is 72.2 Å². The molecule has 0 atom stereocenters. The lowest BCUT2D eigenvalue weighted by atomic mass is 10.2. The van der Waals surface area contributed by atoms with Crippen LogP contribution >= 0.6 is 34.7 Å². The summed E-state index contributed by atoms with van der Waals surface area (Å²) < 4.78 is 29.5. The molecule has 0 aliphatic carbocycles. The van der Waals surface area contributed by atoms with Crippen LogP contribution in [0.1, 0.15) is 5.56 Å². The van der Waals surface area contributed by atoms with Crippen molar-refractivity contribution in [3.63, 3.8) is 0 Å². The number of thiazole rings is 1. The van der Waals surface area contributed by atoms with E-state index in [9.17, 15) is 13.2 Å². The van der Waals surface area contributed by atoms with Crippen molar-refractivity contribution in [2.45, 2.75) is 15.7 Å². The average molecular weight is 516 g/mol. The number of halogens is 1. The Morgan fingerprint density at radius 1 is 1.12 bits per heavy atom. The number of nitrogens with one attached hydrogen (secondary N) is 1. The Morgan fingerprint density at radius 2 is 1.91 bits per heavy atom. The number of sulfonamides is 1. The Labute approximate surface area is 204 Å². The van der Waals surface area contributed by atoms with E-state index in [0.29, 0.717) is 23.0 Å². The molecule has 0 saturated carbocycles. The standard InChI is InChI=1S/C23H18ClN3O3S3/c24-16-5-8-18(9-6-16)33(29,30)26-17-7-10-19-21(13-17)32-23(25-19)31-14-22(28)27-12-11-15-3-1-2-4-20(15)27/h1-10,13,26H,11-12,14H2. The molecule has 0 bridgehead atoms. The topological polar surface area (TPSA) is 79.4 Å². The smallest absolute Gasteiger partial charge is 0.261 e. The first-order valence-corrected chi connectivity index (χ1v) is 13.8. The Morgan fingerprint density at radius 3 is 2.73 bits per heavy atom. The van der Waals surface area contributed by atoms with Gasteiger partial charge in [-0.05, 0) is 60.5 Å². The highest BCUT2D eigenvalue weighted by Crippen LogP contribution is 2.33. The number of thioether (sulfide) groups is 1. The number of carbonyl (C=O) groups is 1. The molecule has 10 heteroatoms. The number of anilines is 2. The minimum absolute atomic E-state index is 0.0561. The number of amides is 1. The van der Waals surface area contributed by atoms with E-state index in [2.05, 4.69) is 15.8 Å². The van der Waals surface area contributed by atoms with Gasteiger partial charge in [-0.1, -0.05) is 41.6 Å². The van der Waals surface area contributed by atoms with Crippen molar-refractivity contribution in [1.82, 2.24) is 4.98 Å². The van der Waals surface area contributed by atoms with Crippen molar-refractivity contribution in [3.05, 3.63) is 77.3 Å². The number of benzene rings is 3. The summed E-state index contributed by atoms with van der Waals surface area (Å²) in [5.41, 5.74) is 3.40. The molecule has 1 aromatic heterocycles. The number of fused-ring (bicyclic) bond motifs is 2. The molecule has 0 spiro atoms. The summed E-state index contributed by atoms with van der Waals surface area (Å²) in [4.78, 5) is 19.3. The maximum Gasteiger partial charge on any atom is 0.261 e. The van der Waals surface area contributed by atoms with E-state index >= 15 is 0 Å². The molecule has 1 aliphatic rings. The van der Waals surface area contributed by atoms with Crippen molar-refractivity contribution in [3.8, 4) is 0 Å². The van der Waals surface area contributed by atoms with E-state index in [1.807, 2.05) is 23.1 Å². The van der Waals surface area contributed by atoms with Crippen LogP contribution in [0.25, 0.3) is 10.2 Å². The fourth-order valence-corrected chi connectivity index (χ4v) is 6.81. The van der Waals surface area contributed by atoms with Crippen LogP contribution < -0.4 is 9.62 Å². The third kappa shape index (κ3) is 4.72. The summed E-state index contributed by atoms with van der Waals surface area (Å²) in [5, 5.41) is 0.470. The van der Waals surface area contributed by atoms with Gasteiger partial charge >= 0.3 is 0 Å². The largest absolute Gasteiger partial charge is 0.311 e. The monoisotopic (exact) mass is 515 g/mol. The quantitative estimate of drug-likeness (QED) is 0.346. The van der Waals surface area contributed by atoms with Crippen LogP contribution in [0.5, 0.6) is 0 Å². The zero-order valence-corrected chi connectivity index (χ0v) is 20.4. The molecule has 5 rings (SSSR count). The van der Waals surface area contributed by atoms with Crippen LogP contribution in [0.3, 0.4) is 0 Å². The predicted octanol–water partition coefficient (Wildman–Crippen LogP) is 5.43. The van der Waals surface area contributed by atoms with Gasteiger partial charge in [0.2, 0.25) is 5.91 Å². The molecular weight excluding hydrogens is 498 g/mol. The van der Waals surface area contributed by atoms with E-state index in [0.717, 1.165) is 26.7 Å². The number of carbonyl (C=O) groups excluding carboxylic acids is 1. The molecule has 6 nitrogen and oxygen atoms in total. The fourth-order valence-electron chi connectivity index (χ4n) is 3.66. The molecule has 0 fully saturated rings. The summed E-state index contributed by atoms with van der Waals surface area (Å²) in [6.45, 7) is 0.704. The first-order valence-electron chi connectivity index (χ1n) is 10.1. The van der Waals surface area contributed by atoms with Crippen molar-refractivity contribution in [1.29, 1.82) is 0 Å². The SMILES string of the molecule is O=C(CSc1nc2ccc(NS(=O)(=O)c3ccc(Cl)cc3)cc2s1)N1CCc2ccccc21. The highest BCUT2D eigenvalue weighted by molar-refractivity contribution is 8.01. The number of para-hydroxylation sites is 1. The zero-order valence-electron chi connectivity index (χ0n) is 17.2. The number of aromatic nitrogens is 1. The molecule has 1 N–H and O–H groups in total. The van der Waals surface area contributed by atoms with Gasteiger partial charge in [0.05, 0.1) is 26.6 Å². The average Bonchev–Trinajstić information content (AvgIpc) is 3.41. The Balaban J connectivity index is 1.28. The van der Waals surface area contributed by atoms with Crippen LogP contribution in [0.2, 0.25) is 5.02 Å². The highest BCUT2D eigenvalue weighted by Gasteiger charge is 2.24. The molecule has 0 radical (unpaired) electrons. The molecule has 4 aromatic rings. The van der Waals surface area contributed by atoms with Crippen LogP contribution in [0.15, 0.2) is 76.0 Å². The minimum Gasteiger partial charge on any atom is -0.311 e. The maximum atomic E-state index is 12.8. The summed E-state index contributed by atoms with van der Waals surface area (Å²) >= 11 is 8.68. The Kier molecular flexibility index (Phi) is 6.05. The Bertz CT molecular complexity index is 1450. The van der Waals surface area contributed by atoms with Gasteiger partial charge in [0.15, 0.2) is 4.34 Å². The summed E-state index contributed by atoms with van der Waals surface area (Å²) in [6, 6.07) is 19.2. The van der Waals surface area contributed by atoms with Crippen molar-refractivity contribution in [2.75, 3.05) is 21.9 Å². The third-order valence-corrected chi connectivity index (χ3v) is 9.05. The van der Waals surface area contributed by atoms with Gasteiger partial charge < -0.3 is 4.90 Å².